The van der Waals surface area contributed by atoms with Crippen molar-refractivity contribution >= 4 is 11.0 Å². The van der Waals surface area contributed by atoms with Crippen LogP contribution in [-0.4, -0.2) is 19.6 Å². The van der Waals surface area contributed by atoms with Crippen molar-refractivity contribution in [2.24, 2.45) is 0 Å². The molecule has 0 saturated carbocycles. The molecule has 0 aliphatic rings. The van der Waals surface area contributed by atoms with E-state index in [9.17, 15) is 5.11 Å². The maximum Gasteiger partial charge on any atom is 0.148 e. The summed E-state index contributed by atoms with van der Waals surface area (Å²) in [5.74, 6) is 0.912. The summed E-state index contributed by atoms with van der Waals surface area (Å²) in [6.07, 6.45) is 1.83. The molecular formula is C41H42N3OPt-. The van der Waals surface area contributed by atoms with Gasteiger partial charge in [0.15, 0.2) is 0 Å². The molecule has 0 aliphatic carbocycles. The number of pyridine rings is 1. The van der Waals surface area contributed by atoms with Gasteiger partial charge in [0.05, 0.1) is 22.3 Å². The zero-order valence-electron chi connectivity index (χ0n) is 28.2. The SMILES string of the molecule is Cc1cc(C)c(-n2c(-c3ccccc3O)nc3c(-c4[c-]c(-c5ccccn5)cc(C(C)(C)C)c4)cc(C(C)(C)C)cc32)c(C)c1.[Pt]. The Morgan fingerprint density at radius 2 is 1.30 bits per heavy atom. The van der Waals surface area contributed by atoms with Gasteiger partial charge in [0, 0.05) is 33.0 Å². The molecule has 6 aromatic rings. The number of aryl methyl sites for hydroxylation is 3. The van der Waals surface area contributed by atoms with E-state index in [-0.39, 0.29) is 37.6 Å². The Kier molecular flexibility index (Phi) is 8.92. The summed E-state index contributed by atoms with van der Waals surface area (Å²) in [7, 11) is 0. The van der Waals surface area contributed by atoms with Crippen molar-refractivity contribution in [3.63, 3.8) is 0 Å². The zero-order valence-corrected chi connectivity index (χ0v) is 30.5. The molecule has 0 saturated heterocycles. The van der Waals surface area contributed by atoms with Crippen LogP contribution >= 0.6 is 0 Å². The van der Waals surface area contributed by atoms with E-state index >= 15 is 0 Å². The number of rotatable bonds is 4. The van der Waals surface area contributed by atoms with E-state index in [1.54, 1.807) is 6.07 Å². The molecule has 6 rings (SSSR count). The van der Waals surface area contributed by atoms with Crippen LogP contribution in [-0.2, 0) is 31.9 Å². The normalized spacial score (nSPS) is 11.9. The van der Waals surface area contributed by atoms with E-state index < -0.39 is 0 Å². The summed E-state index contributed by atoms with van der Waals surface area (Å²) >= 11 is 0. The third kappa shape index (κ3) is 6.20. The van der Waals surface area contributed by atoms with Crippen molar-refractivity contribution < 1.29 is 26.2 Å². The van der Waals surface area contributed by atoms with Gasteiger partial charge < -0.3 is 5.11 Å². The molecule has 5 heteroatoms. The molecular weight excluding hydrogens is 746 g/mol. The number of hydrogen-bond donors (Lipinski definition) is 1. The smallest absolute Gasteiger partial charge is 0.148 e. The molecule has 0 amide bonds. The molecule has 0 atom stereocenters. The topological polar surface area (TPSA) is 50.9 Å². The van der Waals surface area contributed by atoms with Crippen LogP contribution in [0.4, 0.5) is 0 Å². The molecule has 0 bridgehead atoms. The number of phenolic OH excluding ortho intramolecular Hbond substituents is 1. The van der Waals surface area contributed by atoms with Crippen LogP contribution in [0.5, 0.6) is 5.75 Å². The van der Waals surface area contributed by atoms with Gasteiger partial charge in [-0.2, -0.15) is 0 Å². The van der Waals surface area contributed by atoms with Gasteiger partial charge in [-0.25, -0.2) is 4.98 Å². The quantitative estimate of drug-likeness (QED) is 0.181. The number of para-hydroxylation sites is 1. The molecule has 1 N–H and O–H groups in total. The van der Waals surface area contributed by atoms with Crippen molar-refractivity contribution in [1.29, 1.82) is 0 Å². The predicted octanol–water partition coefficient (Wildman–Crippen LogP) is 10.4. The van der Waals surface area contributed by atoms with Crippen LogP contribution < -0.4 is 0 Å². The maximum absolute atomic E-state index is 11.1. The largest absolute Gasteiger partial charge is 0.507 e. The molecule has 4 nitrogen and oxygen atoms in total. The minimum absolute atomic E-state index is 0. The molecule has 4 aromatic carbocycles. The summed E-state index contributed by atoms with van der Waals surface area (Å²) < 4.78 is 2.25. The third-order valence-electron chi connectivity index (χ3n) is 8.60. The number of imidazole rings is 1. The Morgan fingerprint density at radius 1 is 0.696 bits per heavy atom. The Morgan fingerprint density at radius 3 is 1.91 bits per heavy atom. The van der Waals surface area contributed by atoms with Gasteiger partial charge in [0.1, 0.15) is 11.6 Å². The average molecular weight is 788 g/mol. The Hall–Kier alpha value is -4.01. The first-order valence-electron chi connectivity index (χ1n) is 15.7. The van der Waals surface area contributed by atoms with Gasteiger partial charge in [-0.3, -0.25) is 9.55 Å². The van der Waals surface area contributed by atoms with Crippen LogP contribution in [0, 0.1) is 26.8 Å². The summed E-state index contributed by atoms with van der Waals surface area (Å²) in [5, 5.41) is 11.1. The number of aromatic nitrogens is 3. The molecule has 238 valence electrons. The van der Waals surface area contributed by atoms with Crippen LogP contribution in [0.1, 0.15) is 69.4 Å². The van der Waals surface area contributed by atoms with Gasteiger partial charge in [0.25, 0.3) is 0 Å². The molecule has 0 fully saturated rings. The summed E-state index contributed by atoms with van der Waals surface area (Å²) in [6.45, 7) is 19.9. The second-order valence-electron chi connectivity index (χ2n) is 14.3. The van der Waals surface area contributed by atoms with Gasteiger partial charge in [-0.05, 0) is 72.6 Å². The molecule has 0 spiro atoms. The maximum atomic E-state index is 11.1. The van der Waals surface area contributed by atoms with Crippen LogP contribution in [0.25, 0.3) is 50.5 Å². The number of aromatic hydroxyl groups is 1. The first-order valence-corrected chi connectivity index (χ1v) is 15.7. The van der Waals surface area contributed by atoms with Crippen LogP contribution in [0.15, 0.2) is 85.1 Å². The predicted molar refractivity (Wildman–Crippen MR) is 187 cm³/mol. The van der Waals surface area contributed by atoms with E-state index in [1.807, 2.05) is 42.6 Å². The van der Waals surface area contributed by atoms with Gasteiger partial charge in [-0.15, -0.1) is 29.3 Å². The minimum Gasteiger partial charge on any atom is -0.507 e. The molecule has 0 unspecified atom stereocenters. The number of fused-ring (bicyclic) bond motifs is 1. The summed E-state index contributed by atoms with van der Waals surface area (Å²) in [4.78, 5) is 10.1. The fourth-order valence-corrected chi connectivity index (χ4v) is 6.22. The van der Waals surface area contributed by atoms with Crippen molar-refractivity contribution in [2.75, 3.05) is 0 Å². The summed E-state index contributed by atoms with van der Waals surface area (Å²) in [6, 6.07) is 30.7. The standard InChI is InChI=1S/C41H42N3O.Pt/c1-25-18-26(2)38(27(3)19-25)44-35-24-31(41(7,8)9)23-33(37(35)43-39(44)32-14-10-11-16-36(32)45)28-20-29(34-15-12-13-17-42-34)22-30(21-28)40(4,5)6;/h10-19,21-24,45H,1-9H3;/q-1;. The van der Waals surface area contributed by atoms with Gasteiger partial charge in [0.2, 0.25) is 0 Å². The number of hydrogen-bond acceptors (Lipinski definition) is 3. The number of phenols is 1. The van der Waals surface area contributed by atoms with E-state index in [2.05, 4.69) is 114 Å². The molecule has 0 radical (unpaired) electrons. The van der Waals surface area contributed by atoms with Crippen LogP contribution in [0.3, 0.4) is 0 Å². The molecule has 2 heterocycles. The van der Waals surface area contributed by atoms with Crippen molar-refractivity contribution in [3.8, 4) is 45.2 Å². The monoisotopic (exact) mass is 787 g/mol. The van der Waals surface area contributed by atoms with E-state index in [0.29, 0.717) is 11.4 Å². The number of nitrogens with zero attached hydrogens (tertiary/aromatic N) is 3. The van der Waals surface area contributed by atoms with E-state index in [0.717, 1.165) is 50.2 Å². The molecule has 2 aromatic heterocycles. The van der Waals surface area contributed by atoms with E-state index in [4.69, 9.17) is 4.98 Å². The third-order valence-corrected chi connectivity index (χ3v) is 8.60. The minimum atomic E-state index is -0.129. The Bertz CT molecular complexity index is 2040. The molecule has 46 heavy (non-hydrogen) atoms. The van der Waals surface area contributed by atoms with Crippen molar-refractivity contribution in [3.05, 3.63) is 119 Å². The van der Waals surface area contributed by atoms with Crippen molar-refractivity contribution in [1.82, 2.24) is 14.5 Å². The van der Waals surface area contributed by atoms with Crippen LogP contribution in [0.2, 0.25) is 0 Å². The zero-order chi connectivity index (χ0) is 32.3. The summed E-state index contributed by atoms with van der Waals surface area (Å²) in [5.41, 5.74) is 13.2. The van der Waals surface area contributed by atoms with Gasteiger partial charge in [-0.1, -0.05) is 101 Å². The Labute approximate surface area is 287 Å². The number of benzene rings is 4. The second kappa shape index (κ2) is 12.3. The first-order chi connectivity index (χ1) is 21.2. The second-order valence-corrected chi connectivity index (χ2v) is 14.3. The average Bonchev–Trinajstić information content (AvgIpc) is 3.34. The van der Waals surface area contributed by atoms with Crippen molar-refractivity contribution in [2.45, 2.75) is 73.1 Å². The first kappa shape index (κ1) is 33.4. The Balaban J connectivity index is 0.00000417. The fraction of sp³-hybridized carbons (Fsp3) is 0.268. The fourth-order valence-electron chi connectivity index (χ4n) is 6.22. The van der Waals surface area contributed by atoms with Gasteiger partial charge >= 0.3 is 0 Å². The molecule has 0 aliphatic heterocycles. The van der Waals surface area contributed by atoms with E-state index in [1.165, 1.54) is 16.7 Å².